The lowest BCUT2D eigenvalue weighted by Crippen LogP contribution is -2.19. The van der Waals surface area contributed by atoms with Crippen molar-refractivity contribution < 1.29 is 9.53 Å². The first kappa shape index (κ1) is 11.6. The molecule has 2 aliphatic rings. The Labute approximate surface area is 106 Å². The number of nitrogens with zero attached hydrogens (tertiary/aromatic N) is 2. The number of carbonyl (C=O) groups is 1. The Morgan fingerprint density at radius 3 is 3.22 bits per heavy atom. The first-order valence-corrected chi connectivity index (χ1v) is 6.62. The molecule has 2 N–H and O–H groups in total. The monoisotopic (exact) mass is 250 g/mol. The number of aromatic nitrogens is 3. The van der Waals surface area contributed by atoms with Crippen molar-refractivity contribution in [2.45, 2.75) is 32.2 Å². The van der Waals surface area contributed by atoms with E-state index in [1.165, 1.54) is 19.3 Å². The SMILES string of the molecule is CCOC(=O)c1n[nH]c(C2NCC3CCCC32)n1. The van der Waals surface area contributed by atoms with E-state index in [1.54, 1.807) is 6.92 Å². The molecule has 3 unspecified atom stereocenters. The molecule has 1 aliphatic heterocycles. The number of aromatic amines is 1. The Morgan fingerprint density at radius 2 is 2.39 bits per heavy atom. The van der Waals surface area contributed by atoms with Crippen LogP contribution in [0.1, 0.15) is 48.7 Å². The summed E-state index contributed by atoms with van der Waals surface area (Å²) in [4.78, 5) is 15.8. The Morgan fingerprint density at radius 1 is 1.50 bits per heavy atom. The third kappa shape index (κ3) is 1.90. The molecule has 1 aliphatic carbocycles. The number of esters is 1. The molecule has 0 bridgehead atoms. The lowest BCUT2D eigenvalue weighted by molar-refractivity contribution is 0.0512. The van der Waals surface area contributed by atoms with E-state index in [0.29, 0.717) is 12.5 Å². The van der Waals surface area contributed by atoms with Crippen molar-refractivity contribution in [1.82, 2.24) is 20.5 Å². The van der Waals surface area contributed by atoms with Crippen LogP contribution >= 0.6 is 0 Å². The van der Waals surface area contributed by atoms with Crippen LogP contribution in [0.4, 0.5) is 0 Å². The molecular formula is C12H18N4O2. The summed E-state index contributed by atoms with van der Waals surface area (Å²) in [6.07, 6.45) is 3.83. The standard InChI is InChI=1S/C12H18N4O2/c1-2-18-12(17)11-14-10(15-16-11)9-8-5-3-4-7(8)6-13-9/h7-9,13H,2-6H2,1H3,(H,14,15,16). The molecule has 6 heteroatoms. The maximum absolute atomic E-state index is 11.5. The average Bonchev–Trinajstić information content (AvgIpc) is 3.04. The van der Waals surface area contributed by atoms with Gasteiger partial charge in [-0.05, 0) is 38.1 Å². The van der Waals surface area contributed by atoms with Gasteiger partial charge < -0.3 is 10.1 Å². The maximum atomic E-state index is 11.5. The van der Waals surface area contributed by atoms with E-state index in [-0.39, 0.29) is 11.9 Å². The van der Waals surface area contributed by atoms with Crippen molar-refractivity contribution in [3.05, 3.63) is 11.6 Å². The normalized spacial score (nSPS) is 30.4. The first-order chi connectivity index (χ1) is 8.79. The van der Waals surface area contributed by atoms with Crippen LogP contribution in [0.3, 0.4) is 0 Å². The summed E-state index contributed by atoms with van der Waals surface area (Å²) in [6.45, 7) is 3.16. The van der Waals surface area contributed by atoms with Gasteiger partial charge in [-0.15, -0.1) is 5.10 Å². The van der Waals surface area contributed by atoms with Crippen molar-refractivity contribution in [1.29, 1.82) is 0 Å². The molecular weight excluding hydrogens is 232 g/mol. The lowest BCUT2D eigenvalue weighted by atomic mass is 9.94. The van der Waals surface area contributed by atoms with Gasteiger partial charge in [0, 0.05) is 0 Å². The number of rotatable bonds is 3. The zero-order chi connectivity index (χ0) is 12.5. The molecule has 3 atom stereocenters. The molecule has 2 fully saturated rings. The van der Waals surface area contributed by atoms with Crippen molar-refractivity contribution in [2.24, 2.45) is 11.8 Å². The van der Waals surface area contributed by atoms with Gasteiger partial charge in [0.2, 0.25) is 0 Å². The van der Waals surface area contributed by atoms with Gasteiger partial charge in [-0.2, -0.15) is 0 Å². The van der Waals surface area contributed by atoms with Crippen molar-refractivity contribution in [3.8, 4) is 0 Å². The molecule has 0 spiro atoms. The van der Waals surface area contributed by atoms with Crippen LogP contribution in [0.2, 0.25) is 0 Å². The summed E-state index contributed by atoms with van der Waals surface area (Å²) in [7, 11) is 0. The second-order valence-corrected chi connectivity index (χ2v) is 5.01. The number of hydrogen-bond acceptors (Lipinski definition) is 5. The smallest absolute Gasteiger partial charge is 0.378 e. The molecule has 1 aromatic heterocycles. The molecule has 0 aromatic carbocycles. The number of hydrogen-bond donors (Lipinski definition) is 2. The Bertz CT molecular complexity index is 445. The summed E-state index contributed by atoms with van der Waals surface area (Å²) in [6, 6.07) is 0.216. The largest absolute Gasteiger partial charge is 0.460 e. The predicted molar refractivity (Wildman–Crippen MR) is 63.9 cm³/mol. The number of fused-ring (bicyclic) bond motifs is 1. The molecule has 1 aromatic rings. The highest BCUT2D eigenvalue weighted by atomic mass is 16.5. The van der Waals surface area contributed by atoms with Gasteiger partial charge in [0.05, 0.1) is 12.6 Å². The Hall–Kier alpha value is -1.43. The second kappa shape index (κ2) is 4.68. The fraction of sp³-hybridized carbons (Fsp3) is 0.750. The number of ether oxygens (including phenoxy) is 1. The van der Waals surface area contributed by atoms with Gasteiger partial charge in [-0.3, -0.25) is 5.10 Å². The zero-order valence-corrected chi connectivity index (χ0v) is 10.5. The minimum Gasteiger partial charge on any atom is -0.460 e. The van der Waals surface area contributed by atoms with E-state index in [4.69, 9.17) is 4.74 Å². The molecule has 1 saturated carbocycles. The highest BCUT2D eigenvalue weighted by Crippen LogP contribution is 2.43. The molecule has 1 saturated heterocycles. The fourth-order valence-electron chi connectivity index (χ4n) is 3.19. The van der Waals surface area contributed by atoms with Crippen LogP contribution < -0.4 is 5.32 Å². The van der Waals surface area contributed by atoms with Gasteiger partial charge in [-0.25, -0.2) is 9.78 Å². The van der Waals surface area contributed by atoms with E-state index in [0.717, 1.165) is 18.3 Å². The van der Waals surface area contributed by atoms with Gasteiger partial charge in [-0.1, -0.05) is 6.42 Å². The fourth-order valence-corrected chi connectivity index (χ4v) is 3.19. The molecule has 2 heterocycles. The molecule has 3 rings (SSSR count). The van der Waals surface area contributed by atoms with Gasteiger partial charge in [0.25, 0.3) is 5.82 Å². The van der Waals surface area contributed by atoms with Crippen molar-refractivity contribution in [2.75, 3.05) is 13.2 Å². The summed E-state index contributed by atoms with van der Waals surface area (Å²) in [5, 5.41) is 10.3. The number of H-pyrrole nitrogens is 1. The van der Waals surface area contributed by atoms with Gasteiger partial charge >= 0.3 is 5.97 Å². The lowest BCUT2D eigenvalue weighted by Gasteiger charge is -2.14. The maximum Gasteiger partial charge on any atom is 0.378 e. The number of nitrogens with one attached hydrogen (secondary N) is 2. The van der Waals surface area contributed by atoms with Crippen LogP contribution in [-0.4, -0.2) is 34.3 Å². The third-order valence-electron chi connectivity index (χ3n) is 4.00. The molecule has 18 heavy (non-hydrogen) atoms. The van der Waals surface area contributed by atoms with Crippen molar-refractivity contribution >= 4 is 5.97 Å². The third-order valence-corrected chi connectivity index (χ3v) is 4.00. The van der Waals surface area contributed by atoms with Crippen LogP contribution in [-0.2, 0) is 4.74 Å². The van der Waals surface area contributed by atoms with E-state index < -0.39 is 5.97 Å². The Balaban J connectivity index is 1.75. The van der Waals surface area contributed by atoms with E-state index in [1.807, 2.05) is 0 Å². The zero-order valence-electron chi connectivity index (χ0n) is 10.5. The Kier molecular flexibility index (Phi) is 3.03. The quantitative estimate of drug-likeness (QED) is 0.784. The predicted octanol–water partition coefficient (Wildman–Crippen LogP) is 1.04. The highest BCUT2D eigenvalue weighted by Gasteiger charge is 2.41. The molecule has 0 radical (unpaired) electrons. The summed E-state index contributed by atoms with van der Waals surface area (Å²) in [5.41, 5.74) is 0. The number of carbonyl (C=O) groups excluding carboxylic acids is 1. The van der Waals surface area contributed by atoms with E-state index in [9.17, 15) is 4.79 Å². The minimum atomic E-state index is -0.457. The topological polar surface area (TPSA) is 79.9 Å². The average molecular weight is 250 g/mol. The first-order valence-electron chi connectivity index (χ1n) is 6.62. The summed E-state index contributed by atoms with van der Waals surface area (Å²) in [5.74, 6) is 1.84. The second-order valence-electron chi connectivity index (χ2n) is 5.01. The summed E-state index contributed by atoms with van der Waals surface area (Å²) >= 11 is 0. The van der Waals surface area contributed by atoms with Crippen LogP contribution in [0, 0.1) is 11.8 Å². The molecule has 98 valence electrons. The van der Waals surface area contributed by atoms with Crippen LogP contribution in [0.5, 0.6) is 0 Å². The van der Waals surface area contributed by atoms with E-state index >= 15 is 0 Å². The molecule has 6 nitrogen and oxygen atoms in total. The molecule has 0 amide bonds. The van der Waals surface area contributed by atoms with E-state index in [2.05, 4.69) is 20.5 Å². The highest BCUT2D eigenvalue weighted by molar-refractivity contribution is 5.84. The summed E-state index contributed by atoms with van der Waals surface area (Å²) < 4.78 is 4.89. The van der Waals surface area contributed by atoms with Crippen LogP contribution in [0.25, 0.3) is 0 Å². The minimum absolute atomic E-state index is 0.134. The van der Waals surface area contributed by atoms with Gasteiger partial charge in [0.1, 0.15) is 5.82 Å². The van der Waals surface area contributed by atoms with Crippen LogP contribution in [0.15, 0.2) is 0 Å². The van der Waals surface area contributed by atoms with Crippen molar-refractivity contribution in [3.63, 3.8) is 0 Å². The van der Waals surface area contributed by atoms with Gasteiger partial charge in [0.15, 0.2) is 0 Å².